The van der Waals surface area contributed by atoms with E-state index in [0.29, 0.717) is 11.8 Å². The summed E-state index contributed by atoms with van der Waals surface area (Å²) in [5.41, 5.74) is -0.0346. The van der Waals surface area contributed by atoms with Crippen LogP contribution in [0.15, 0.2) is 24.3 Å². The molecule has 0 aromatic rings. The van der Waals surface area contributed by atoms with E-state index in [1.165, 1.54) is 44.9 Å². The number of hydrogen-bond donors (Lipinski definition) is 0. The van der Waals surface area contributed by atoms with Gasteiger partial charge in [-0.3, -0.25) is 0 Å². The van der Waals surface area contributed by atoms with E-state index in [2.05, 4.69) is 45.1 Å². The van der Waals surface area contributed by atoms with Crippen molar-refractivity contribution in [3.63, 3.8) is 0 Å². The SMILES string of the molecule is CCCCCCCCC(C1C=CC=C1)C(C)(C)OC. The van der Waals surface area contributed by atoms with E-state index in [0.717, 1.165) is 0 Å². The first-order valence-corrected chi connectivity index (χ1v) is 8.02. The summed E-state index contributed by atoms with van der Waals surface area (Å²) in [6.45, 7) is 6.74. The zero-order valence-corrected chi connectivity index (χ0v) is 13.3. The molecule has 110 valence electrons. The van der Waals surface area contributed by atoms with Crippen molar-refractivity contribution in [3.05, 3.63) is 24.3 Å². The quantitative estimate of drug-likeness (QED) is 0.472. The molecule has 0 amide bonds. The van der Waals surface area contributed by atoms with E-state index in [4.69, 9.17) is 4.74 Å². The molecule has 1 nitrogen and oxygen atoms in total. The molecule has 1 heteroatoms. The van der Waals surface area contributed by atoms with Gasteiger partial charge in [0, 0.05) is 13.0 Å². The smallest absolute Gasteiger partial charge is 0.0659 e. The van der Waals surface area contributed by atoms with Gasteiger partial charge in [0.05, 0.1) is 5.60 Å². The summed E-state index contributed by atoms with van der Waals surface area (Å²) in [6.07, 6.45) is 18.5. The molecule has 0 spiro atoms. The van der Waals surface area contributed by atoms with Crippen LogP contribution in [0.2, 0.25) is 0 Å². The van der Waals surface area contributed by atoms with Crippen molar-refractivity contribution in [2.75, 3.05) is 7.11 Å². The van der Waals surface area contributed by atoms with Crippen LogP contribution in [0.4, 0.5) is 0 Å². The molecule has 0 aromatic carbocycles. The highest BCUT2D eigenvalue weighted by atomic mass is 16.5. The summed E-state index contributed by atoms with van der Waals surface area (Å²) in [4.78, 5) is 0. The molecule has 0 saturated carbocycles. The zero-order chi connectivity index (χ0) is 14.1. The van der Waals surface area contributed by atoms with Crippen LogP contribution in [0.1, 0.15) is 65.7 Å². The van der Waals surface area contributed by atoms with Gasteiger partial charge in [0.25, 0.3) is 0 Å². The van der Waals surface area contributed by atoms with Gasteiger partial charge in [-0.15, -0.1) is 0 Å². The van der Waals surface area contributed by atoms with E-state index in [1.807, 2.05) is 7.11 Å². The molecule has 1 aliphatic rings. The number of rotatable bonds is 10. The summed E-state index contributed by atoms with van der Waals surface area (Å²) in [7, 11) is 1.84. The Balaban J connectivity index is 2.38. The Bertz CT molecular complexity index is 276. The van der Waals surface area contributed by atoms with E-state index < -0.39 is 0 Å². The average Bonchev–Trinajstić information content (AvgIpc) is 2.91. The van der Waals surface area contributed by atoms with Gasteiger partial charge in [0.1, 0.15) is 0 Å². The minimum atomic E-state index is -0.0346. The Kier molecular flexibility index (Phi) is 7.45. The second-order valence-electron chi connectivity index (χ2n) is 6.32. The van der Waals surface area contributed by atoms with Crippen molar-refractivity contribution in [1.82, 2.24) is 0 Å². The van der Waals surface area contributed by atoms with Crippen molar-refractivity contribution in [2.45, 2.75) is 71.3 Å². The Morgan fingerprint density at radius 3 is 2.16 bits per heavy atom. The molecular weight excluding hydrogens is 232 g/mol. The predicted octanol–water partition coefficient (Wildman–Crippen LogP) is 5.52. The number of allylic oxidation sites excluding steroid dienone is 4. The Morgan fingerprint density at radius 1 is 1.00 bits per heavy atom. The maximum Gasteiger partial charge on any atom is 0.0659 e. The molecule has 0 N–H and O–H groups in total. The van der Waals surface area contributed by atoms with Crippen molar-refractivity contribution < 1.29 is 4.74 Å². The van der Waals surface area contributed by atoms with E-state index >= 15 is 0 Å². The fourth-order valence-corrected chi connectivity index (χ4v) is 3.02. The highest BCUT2D eigenvalue weighted by Crippen LogP contribution is 2.35. The minimum Gasteiger partial charge on any atom is -0.378 e. The van der Waals surface area contributed by atoms with Gasteiger partial charge in [-0.25, -0.2) is 0 Å². The van der Waals surface area contributed by atoms with Crippen LogP contribution in [0, 0.1) is 11.8 Å². The zero-order valence-electron chi connectivity index (χ0n) is 13.3. The lowest BCUT2D eigenvalue weighted by molar-refractivity contribution is -0.0401. The topological polar surface area (TPSA) is 9.23 Å². The van der Waals surface area contributed by atoms with Crippen molar-refractivity contribution >= 4 is 0 Å². The van der Waals surface area contributed by atoms with Crippen LogP contribution >= 0.6 is 0 Å². The molecule has 0 saturated heterocycles. The fraction of sp³-hybridized carbons (Fsp3) is 0.778. The summed E-state index contributed by atoms with van der Waals surface area (Å²) < 4.78 is 5.74. The number of ether oxygens (including phenoxy) is 1. The van der Waals surface area contributed by atoms with Crippen LogP contribution in [0.5, 0.6) is 0 Å². The predicted molar refractivity (Wildman–Crippen MR) is 84.3 cm³/mol. The number of unbranched alkanes of at least 4 members (excludes halogenated alkanes) is 5. The van der Waals surface area contributed by atoms with Crippen LogP contribution in [0.25, 0.3) is 0 Å². The second kappa shape index (κ2) is 8.58. The lowest BCUT2D eigenvalue weighted by atomic mass is 9.77. The van der Waals surface area contributed by atoms with E-state index in [1.54, 1.807) is 0 Å². The van der Waals surface area contributed by atoms with Crippen molar-refractivity contribution in [1.29, 1.82) is 0 Å². The van der Waals surface area contributed by atoms with Gasteiger partial charge in [-0.05, 0) is 26.2 Å². The summed E-state index contributed by atoms with van der Waals surface area (Å²) >= 11 is 0. The second-order valence-corrected chi connectivity index (χ2v) is 6.32. The largest absolute Gasteiger partial charge is 0.378 e. The molecule has 1 atom stereocenters. The van der Waals surface area contributed by atoms with Gasteiger partial charge >= 0.3 is 0 Å². The summed E-state index contributed by atoms with van der Waals surface area (Å²) in [5, 5.41) is 0. The van der Waals surface area contributed by atoms with Gasteiger partial charge in [0.2, 0.25) is 0 Å². The lowest BCUT2D eigenvalue weighted by Gasteiger charge is -2.36. The fourth-order valence-electron chi connectivity index (χ4n) is 3.02. The van der Waals surface area contributed by atoms with Crippen LogP contribution in [-0.2, 0) is 4.74 Å². The van der Waals surface area contributed by atoms with Crippen LogP contribution < -0.4 is 0 Å². The highest BCUT2D eigenvalue weighted by molar-refractivity contribution is 5.19. The first-order chi connectivity index (χ1) is 9.11. The Morgan fingerprint density at radius 2 is 1.58 bits per heavy atom. The molecular formula is C18H32O. The van der Waals surface area contributed by atoms with E-state index in [-0.39, 0.29) is 5.60 Å². The Hall–Kier alpha value is -0.560. The summed E-state index contributed by atoms with van der Waals surface area (Å²) in [6, 6.07) is 0. The van der Waals surface area contributed by atoms with Gasteiger partial charge in [-0.1, -0.05) is 69.8 Å². The third-order valence-electron chi connectivity index (χ3n) is 4.53. The molecule has 0 bridgehead atoms. The van der Waals surface area contributed by atoms with Gasteiger partial charge in [-0.2, -0.15) is 0 Å². The molecule has 0 aromatic heterocycles. The highest BCUT2D eigenvalue weighted by Gasteiger charge is 2.33. The average molecular weight is 264 g/mol. The lowest BCUT2D eigenvalue weighted by Crippen LogP contribution is -2.37. The van der Waals surface area contributed by atoms with Crippen molar-refractivity contribution in [2.24, 2.45) is 11.8 Å². The molecule has 0 fully saturated rings. The molecule has 1 rings (SSSR count). The third-order valence-corrected chi connectivity index (χ3v) is 4.53. The third kappa shape index (κ3) is 5.52. The molecule has 1 unspecified atom stereocenters. The molecule has 1 aliphatic carbocycles. The van der Waals surface area contributed by atoms with Crippen molar-refractivity contribution in [3.8, 4) is 0 Å². The summed E-state index contributed by atoms with van der Waals surface area (Å²) in [5.74, 6) is 1.16. The maximum atomic E-state index is 5.74. The normalized spacial score (nSPS) is 17.3. The first-order valence-electron chi connectivity index (χ1n) is 8.02. The Labute approximate surface area is 120 Å². The van der Waals surface area contributed by atoms with Gasteiger partial charge in [0.15, 0.2) is 0 Å². The maximum absolute atomic E-state index is 5.74. The number of hydrogen-bond acceptors (Lipinski definition) is 1. The van der Waals surface area contributed by atoms with Crippen LogP contribution in [-0.4, -0.2) is 12.7 Å². The molecule has 0 radical (unpaired) electrons. The molecule has 0 aliphatic heterocycles. The monoisotopic (exact) mass is 264 g/mol. The first kappa shape index (κ1) is 16.5. The van der Waals surface area contributed by atoms with Crippen LogP contribution in [0.3, 0.4) is 0 Å². The van der Waals surface area contributed by atoms with Gasteiger partial charge < -0.3 is 4.74 Å². The standard InChI is InChI=1S/C18H32O/c1-5-6-7-8-9-10-15-17(18(2,3)19-4)16-13-11-12-14-16/h11-14,16-17H,5-10,15H2,1-4H3. The van der Waals surface area contributed by atoms with E-state index in [9.17, 15) is 0 Å². The number of methoxy groups -OCH3 is 1. The minimum absolute atomic E-state index is 0.0346. The molecule has 19 heavy (non-hydrogen) atoms. The molecule has 0 heterocycles.